The average Bonchev–Trinajstić information content (AvgIpc) is 3.01. The molecule has 0 saturated carbocycles. The monoisotopic (exact) mass is 344 g/mol. The van der Waals surface area contributed by atoms with E-state index in [0.29, 0.717) is 12.1 Å². The first-order valence-corrected chi connectivity index (χ1v) is 9.05. The lowest BCUT2D eigenvalue weighted by atomic mass is 9.87. The summed E-state index contributed by atoms with van der Waals surface area (Å²) in [6.07, 6.45) is 3.42. The SMILES string of the molecule is O=C1Cc2cc3n(c(=O)c2CO1)Cc1c-3nc2cccc3c2c1CCC3. The zero-order valence-electron chi connectivity index (χ0n) is 14.2. The number of carbonyl (C=O) groups is 1. The van der Waals surface area contributed by atoms with Crippen molar-refractivity contribution in [1.82, 2.24) is 9.55 Å². The lowest BCUT2D eigenvalue weighted by molar-refractivity contribution is -0.145. The first kappa shape index (κ1) is 14.2. The standard InChI is InChI=1S/C21H16N2O3/c24-18-8-12-7-17-20-14(9-23(17)21(25)15(12)10-26-18)13-5-1-3-11-4-2-6-16(22-20)19(11)13/h2,4,6-7H,1,3,5,8-10H2. The van der Waals surface area contributed by atoms with Crippen LogP contribution in [0.1, 0.15) is 34.2 Å². The Bertz CT molecular complexity index is 1210. The van der Waals surface area contributed by atoms with E-state index in [9.17, 15) is 9.59 Å². The number of ether oxygens (including phenoxy) is 1. The Labute approximate surface area is 149 Å². The van der Waals surface area contributed by atoms with Gasteiger partial charge in [-0.3, -0.25) is 9.59 Å². The van der Waals surface area contributed by atoms with E-state index in [-0.39, 0.29) is 24.6 Å². The molecule has 0 bridgehead atoms. The second-order valence-electron chi connectivity index (χ2n) is 7.34. The van der Waals surface area contributed by atoms with E-state index in [1.807, 2.05) is 6.07 Å². The van der Waals surface area contributed by atoms with E-state index < -0.39 is 0 Å². The Morgan fingerprint density at radius 2 is 1.96 bits per heavy atom. The Kier molecular flexibility index (Phi) is 2.64. The summed E-state index contributed by atoms with van der Waals surface area (Å²) in [5.41, 5.74) is 7.99. The van der Waals surface area contributed by atoms with E-state index >= 15 is 0 Å². The quantitative estimate of drug-likeness (QED) is 0.460. The van der Waals surface area contributed by atoms with Gasteiger partial charge in [0, 0.05) is 10.9 Å². The lowest BCUT2D eigenvalue weighted by Crippen LogP contribution is -2.30. The van der Waals surface area contributed by atoms with Crippen molar-refractivity contribution in [3.63, 3.8) is 0 Å². The van der Waals surface area contributed by atoms with Gasteiger partial charge in [0.25, 0.3) is 5.56 Å². The number of cyclic esters (lactones) is 1. The summed E-state index contributed by atoms with van der Waals surface area (Å²) in [7, 11) is 0. The van der Waals surface area contributed by atoms with E-state index in [4.69, 9.17) is 9.72 Å². The first-order valence-electron chi connectivity index (χ1n) is 9.05. The molecule has 0 radical (unpaired) electrons. The number of hydrogen-bond acceptors (Lipinski definition) is 4. The number of carbonyl (C=O) groups excluding carboxylic acids is 1. The second-order valence-corrected chi connectivity index (χ2v) is 7.34. The maximum atomic E-state index is 13.0. The number of fused-ring (bicyclic) bond motifs is 5. The Hall–Kier alpha value is -2.95. The van der Waals surface area contributed by atoms with Crippen molar-refractivity contribution in [2.75, 3.05) is 0 Å². The number of hydrogen-bond donors (Lipinski definition) is 0. The maximum Gasteiger partial charge on any atom is 0.310 e. The van der Waals surface area contributed by atoms with Crippen molar-refractivity contribution in [2.24, 2.45) is 0 Å². The molecular formula is C21H16N2O3. The van der Waals surface area contributed by atoms with Crippen LogP contribution < -0.4 is 5.56 Å². The molecule has 3 aliphatic rings. The molecule has 2 aromatic heterocycles. The third-order valence-electron chi connectivity index (χ3n) is 5.95. The maximum absolute atomic E-state index is 13.0. The number of esters is 1. The van der Waals surface area contributed by atoms with Crippen LogP contribution in [-0.4, -0.2) is 15.5 Å². The van der Waals surface area contributed by atoms with Crippen LogP contribution in [0.15, 0.2) is 29.1 Å². The van der Waals surface area contributed by atoms with Crippen LogP contribution in [0.4, 0.5) is 0 Å². The molecule has 2 aliphatic heterocycles. The first-order chi connectivity index (χ1) is 12.7. The Morgan fingerprint density at radius 3 is 2.88 bits per heavy atom. The van der Waals surface area contributed by atoms with Gasteiger partial charge < -0.3 is 9.30 Å². The summed E-state index contributed by atoms with van der Waals surface area (Å²) in [5, 5.41) is 1.28. The summed E-state index contributed by atoms with van der Waals surface area (Å²) in [6.45, 7) is 0.646. The molecule has 3 aromatic rings. The molecule has 0 atom stereocenters. The van der Waals surface area contributed by atoms with Gasteiger partial charge in [-0.25, -0.2) is 4.98 Å². The minimum atomic E-state index is -0.272. The predicted molar refractivity (Wildman–Crippen MR) is 96.1 cm³/mol. The van der Waals surface area contributed by atoms with Gasteiger partial charge in [0.15, 0.2) is 0 Å². The van der Waals surface area contributed by atoms with Crippen LogP contribution in [0.2, 0.25) is 0 Å². The van der Waals surface area contributed by atoms with Gasteiger partial charge >= 0.3 is 5.97 Å². The fraction of sp³-hybridized carbons (Fsp3) is 0.286. The van der Waals surface area contributed by atoms with Crippen molar-refractivity contribution in [2.45, 2.75) is 38.8 Å². The van der Waals surface area contributed by atoms with E-state index in [1.54, 1.807) is 4.57 Å². The van der Waals surface area contributed by atoms with E-state index in [0.717, 1.165) is 41.7 Å². The van der Waals surface area contributed by atoms with Gasteiger partial charge in [0.2, 0.25) is 0 Å². The lowest BCUT2D eigenvalue weighted by Gasteiger charge is -2.19. The number of nitrogens with zero attached hydrogens (tertiary/aromatic N) is 2. The fourth-order valence-electron chi connectivity index (χ4n) is 4.75. The van der Waals surface area contributed by atoms with Gasteiger partial charge in [0.05, 0.1) is 35.4 Å². The average molecular weight is 344 g/mol. The molecule has 0 amide bonds. The smallest absolute Gasteiger partial charge is 0.310 e. The molecule has 6 rings (SSSR count). The van der Waals surface area contributed by atoms with Crippen LogP contribution in [0, 0.1) is 0 Å². The molecule has 26 heavy (non-hydrogen) atoms. The van der Waals surface area contributed by atoms with Crippen LogP contribution in [0.25, 0.3) is 22.3 Å². The van der Waals surface area contributed by atoms with Gasteiger partial charge in [-0.1, -0.05) is 12.1 Å². The molecule has 0 unspecified atom stereocenters. The number of rotatable bonds is 0. The molecule has 0 N–H and O–H groups in total. The van der Waals surface area contributed by atoms with Gasteiger partial charge in [-0.2, -0.15) is 0 Å². The predicted octanol–water partition coefficient (Wildman–Crippen LogP) is 2.51. The zero-order chi connectivity index (χ0) is 17.4. The number of aryl methyl sites for hydroxylation is 2. The molecule has 5 heteroatoms. The minimum Gasteiger partial charge on any atom is -0.460 e. The van der Waals surface area contributed by atoms with Crippen LogP contribution in [0.3, 0.4) is 0 Å². The van der Waals surface area contributed by atoms with E-state index in [1.165, 1.54) is 22.1 Å². The summed E-state index contributed by atoms with van der Waals surface area (Å²) >= 11 is 0. The van der Waals surface area contributed by atoms with Gasteiger partial charge in [-0.15, -0.1) is 0 Å². The van der Waals surface area contributed by atoms with Crippen molar-refractivity contribution in [1.29, 1.82) is 0 Å². The number of benzene rings is 1. The van der Waals surface area contributed by atoms with Crippen molar-refractivity contribution < 1.29 is 9.53 Å². The van der Waals surface area contributed by atoms with Crippen molar-refractivity contribution in [3.8, 4) is 11.4 Å². The second kappa shape index (κ2) is 4.81. The topological polar surface area (TPSA) is 61.2 Å². The zero-order valence-corrected chi connectivity index (χ0v) is 14.2. The highest BCUT2D eigenvalue weighted by Crippen LogP contribution is 2.39. The molecule has 1 aliphatic carbocycles. The van der Waals surface area contributed by atoms with Crippen molar-refractivity contribution in [3.05, 3.63) is 62.4 Å². The van der Waals surface area contributed by atoms with Crippen LogP contribution in [-0.2, 0) is 41.9 Å². The largest absolute Gasteiger partial charge is 0.460 e. The number of pyridine rings is 2. The Morgan fingerprint density at radius 1 is 1.04 bits per heavy atom. The summed E-state index contributed by atoms with van der Waals surface area (Å²) in [4.78, 5) is 29.6. The van der Waals surface area contributed by atoms with Crippen molar-refractivity contribution >= 4 is 16.9 Å². The van der Waals surface area contributed by atoms with Gasteiger partial charge in [-0.05, 0) is 48.1 Å². The third-order valence-corrected chi connectivity index (χ3v) is 5.95. The fourth-order valence-corrected chi connectivity index (χ4v) is 4.75. The highest BCUT2D eigenvalue weighted by molar-refractivity contribution is 5.91. The number of aromatic nitrogens is 2. The molecule has 0 spiro atoms. The van der Waals surface area contributed by atoms with E-state index in [2.05, 4.69) is 18.2 Å². The molecule has 5 nitrogen and oxygen atoms in total. The third kappa shape index (κ3) is 1.72. The molecule has 128 valence electrons. The molecule has 1 aromatic carbocycles. The molecular weight excluding hydrogens is 328 g/mol. The summed E-state index contributed by atoms with van der Waals surface area (Å²) < 4.78 is 6.89. The normalized spacial score (nSPS) is 16.8. The molecule has 0 fully saturated rings. The molecule has 0 saturated heterocycles. The summed E-state index contributed by atoms with van der Waals surface area (Å²) in [6, 6.07) is 8.29. The summed E-state index contributed by atoms with van der Waals surface area (Å²) in [5.74, 6) is -0.272. The van der Waals surface area contributed by atoms with Crippen LogP contribution in [0.5, 0.6) is 0 Å². The Balaban J connectivity index is 1.67. The van der Waals surface area contributed by atoms with Crippen LogP contribution >= 0.6 is 0 Å². The minimum absolute atomic E-state index is 0.0460. The highest BCUT2D eigenvalue weighted by atomic mass is 16.5. The highest BCUT2D eigenvalue weighted by Gasteiger charge is 2.31. The molecule has 4 heterocycles. The van der Waals surface area contributed by atoms with Gasteiger partial charge in [0.1, 0.15) is 6.61 Å².